The van der Waals surface area contributed by atoms with Crippen LogP contribution in [0.15, 0.2) is 15.8 Å². The Labute approximate surface area is 118 Å². The molecule has 3 N–H and O–H groups in total. The van der Waals surface area contributed by atoms with Gasteiger partial charge in [0.05, 0.1) is 17.1 Å². The van der Waals surface area contributed by atoms with Crippen LogP contribution in [0.1, 0.15) is 22.4 Å². The van der Waals surface area contributed by atoms with E-state index in [2.05, 4.69) is 20.0 Å². The molecule has 0 aliphatic carbocycles. The third-order valence-corrected chi connectivity index (χ3v) is 4.96. The van der Waals surface area contributed by atoms with Gasteiger partial charge in [-0.15, -0.1) is 11.3 Å². The van der Waals surface area contributed by atoms with Crippen molar-refractivity contribution in [2.24, 2.45) is 0 Å². The lowest BCUT2D eigenvalue weighted by molar-refractivity contribution is 0.102. The van der Waals surface area contributed by atoms with Gasteiger partial charge in [0.2, 0.25) is 6.39 Å². The summed E-state index contributed by atoms with van der Waals surface area (Å²) in [5.74, 6) is 0.0748. The van der Waals surface area contributed by atoms with Gasteiger partial charge in [0, 0.05) is 13.2 Å². The number of hydrogen-bond donors (Lipinski definition) is 2. The van der Waals surface area contributed by atoms with Crippen molar-refractivity contribution in [2.75, 3.05) is 17.3 Å². The smallest absolute Gasteiger partial charge is 0.213 e. The van der Waals surface area contributed by atoms with E-state index in [9.17, 15) is 13.2 Å². The van der Waals surface area contributed by atoms with E-state index in [0.717, 1.165) is 24.0 Å². The molecule has 0 saturated heterocycles. The molecular weight excluding hydrogens is 304 g/mol. The Morgan fingerprint density at radius 2 is 2.25 bits per heavy atom. The summed E-state index contributed by atoms with van der Waals surface area (Å²) in [6.07, 6.45) is 2.20. The molecule has 2 rings (SSSR count). The number of nitrogen functional groups attached to an aromatic ring is 1. The highest BCUT2D eigenvalue weighted by Gasteiger charge is 2.25. The normalized spacial score (nSPS) is 11.5. The number of Topliss-reactive ketones (excluding diaryl/α,β-unsaturated/α-hetero) is 1. The average molecular weight is 316 g/mol. The number of thiophene rings is 1. The molecule has 0 aliphatic rings. The molecule has 0 atom stereocenters. The van der Waals surface area contributed by atoms with E-state index in [4.69, 9.17) is 5.73 Å². The molecule has 0 aliphatic heterocycles. The van der Waals surface area contributed by atoms with Gasteiger partial charge in [0.1, 0.15) is 9.90 Å². The number of rotatable bonds is 5. The van der Waals surface area contributed by atoms with Crippen LogP contribution in [0.4, 0.5) is 10.7 Å². The fourth-order valence-electron chi connectivity index (χ4n) is 1.60. The number of anilines is 2. The summed E-state index contributed by atoms with van der Waals surface area (Å²) < 4.78 is 28.2. The third kappa shape index (κ3) is 2.80. The summed E-state index contributed by atoms with van der Waals surface area (Å²) in [5, 5.41) is 6.75. The van der Waals surface area contributed by atoms with Gasteiger partial charge < -0.3 is 15.6 Å². The number of nitrogens with one attached hydrogen (secondary N) is 1. The minimum Gasteiger partial charge on any atom is -0.396 e. The Morgan fingerprint density at radius 1 is 1.55 bits per heavy atom. The summed E-state index contributed by atoms with van der Waals surface area (Å²) >= 11 is 0.992. The van der Waals surface area contributed by atoms with Crippen molar-refractivity contribution in [3.63, 3.8) is 0 Å². The molecule has 20 heavy (non-hydrogen) atoms. The van der Waals surface area contributed by atoms with E-state index in [1.54, 1.807) is 0 Å². The zero-order valence-corrected chi connectivity index (χ0v) is 12.3. The fraction of sp³-hybridized carbons (Fsp3) is 0.300. The monoisotopic (exact) mass is 316 g/mol. The number of nitrogens with zero attached hydrogens (tertiary/aromatic N) is 2. The first-order chi connectivity index (χ1) is 9.30. The second-order valence-corrected chi connectivity index (χ2v) is 7.01. The van der Waals surface area contributed by atoms with Crippen LogP contribution in [0.3, 0.4) is 0 Å². The van der Waals surface area contributed by atoms with Gasteiger partial charge in [-0.25, -0.2) is 8.42 Å². The van der Waals surface area contributed by atoms with Crippen molar-refractivity contribution in [3.05, 3.63) is 17.1 Å². The number of ketones is 1. The van der Waals surface area contributed by atoms with Gasteiger partial charge in [-0.05, 0) is 0 Å². The standard InChI is InChI=1S/C10H12N4O4S2/c1-5(15)8-7(11)9(20(2,16)17)10(19-8)12-3-6-13-4-18-14-6/h4,12H,3,11H2,1-2H3. The molecule has 10 heteroatoms. The van der Waals surface area contributed by atoms with Gasteiger partial charge >= 0.3 is 0 Å². The molecule has 0 fully saturated rings. The molecule has 2 aromatic heterocycles. The van der Waals surface area contributed by atoms with E-state index in [0.29, 0.717) is 10.8 Å². The van der Waals surface area contributed by atoms with Gasteiger partial charge in [0.25, 0.3) is 0 Å². The number of carbonyl (C=O) groups is 1. The van der Waals surface area contributed by atoms with Crippen molar-refractivity contribution >= 4 is 37.6 Å². The van der Waals surface area contributed by atoms with Crippen molar-refractivity contribution in [1.29, 1.82) is 0 Å². The van der Waals surface area contributed by atoms with Crippen LogP contribution in [-0.2, 0) is 16.4 Å². The van der Waals surface area contributed by atoms with Crippen molar-refractivity contribution in [1.82, 2.24) is 10.1 Å². The van der Waals surface area contributed by atoms with E-state index in [1.807, 2.05) is 0 Å². The summed E-state index contributed by atoms with van der Waals surface area (Å²) in [5.41, 5.74) is 5.73. The van der Waals surface area contributed by atoms with Crippen LogP contribution in [0.2, 0.25) is 0 Å². The second-order valence-electron chi connectivity index (χ2n) is 4.03. The summed E-state index contributed by atoms with van der Waals surface area (Å²) in [6.45, 7) is 1.49. The van der Waals surface area contributed by atoms with Crippen molar-refractivity contribution in [2.45, 2.75) is 18.4 Å². The highest BCUT2D eigenvalue weighted by Crippen LogP contribution is 2.39. The van der Waals surface area contributed by atoms with Crippen LogP contribution in [0.25, 0.3) is 0 Å². The minimum absolute atomic E-state index is 0.0272. The number of aromatic nitrogens is 2. The maximum Gasteiger partial charge on any atom is 0.213 e. The Kier molecular flexibility index (Phi) is 3.77. The number of carbonyl (C=O) groups excluding carboxylic acids is 1. The van der Waals surface area contributed by atoms with Crippen LogP contribution in [0.5, 0.6) is 0 Å². The lowest BCUT2D eigenvalue weighted by Gasteiger charge is -2.04. The van der Waals surface area contributed by atoms with Crippen molar-refractivity contribution in [3.8, 4) is 0 Å². The fourth-order valence-corrected chi connectivity index (χ4v) is 4.07. The largest absolute Gasteiger partial charge is 0.396 e. The zero-order chi connectivity index (χ0) is 14.9. The van der Waals surface area contributed by atoms with E-state index in [1.165, 1.54) is 6.92 Å². The topological polar surface area (TPSA) is 128 Å². The molecular formula is C10H12N4O4S2. The molecule has 108 valence electrons. The molecule has 8 nitrogen and oxygen atoms in total. The van der Waals surface area contributed by atoms with Crippen LogP contribution >= 0.6 is 11.3 Å². The SMILES string of the molecule is CC(=O)c1sc(NCc2ncon2)c(S(C)(=O)=O)c1N. The average Bonchev–Trinajstić information content (AvgIpc) is 2.92. The quantitative estimate of drug-likeness (QED) is 0.780. The maximum absolute atomic E-state index is 11.8. The van der Waals surface area contributed by atoms with Gasteiger partial charge in [-0.2, -0.15) is 4.98 Å². The zero-order valence-electron chi connectivity index (χ0n) is 10.7. The number of nitrogens with two attached hydrogens (primary N) is 1. The minimum atomic E-state index is -3.56. The number of hydrogen-bond acceptors (Lipinski definition) is 9. The maximum atomic E-state index is 11.8. The van der Waals surface area contributed by atoms with Gasteiger partial charge in [-0.3, -0.25) is 4.79 Å². The van der Waals surface area contributed by atoms with E-state index in [-0.39, 0.29) is 27.8 Å². The van der Waals surface area contributed by atoms with Crippen molar-refractivity contribution < 1.29 is 17.7 Å². The Balaban J connectivity index is 2.41. The molecule has 0 amide bonds. The Bertz CT molecular complexity index is 734. The summed E-state index contributed by atoms with van der Waals surface area (Å²) in [6, 6.07) is 0. The second kappa shape index (κ2) is 5.21. The molecule has 2 heterocycles. The van der Waals surface area contributed by atoms with E-state index >= 15 is 0 Å². The first-order valence-electron chi connectivity index (χ1n) is 5.43. The lowest BCUT2D eigenvalue weighted by atomic mass is 10.3. The highest BCUT2D eigenvalue weighted by atomic mass is 32.2. The third-order valence-electron chi connectivity index (χ3n) is 2.40. The van der Waals surface area contributed by atoms with Crippen LogP contribution in [0, 0.1) is 0 Å². The molecule has 0 saturated carbocycles. The molecule has 2 aromatic rings. The van der Waals surface area contributed by atoms with Gasteiger partial charge in [0.15, 0.2) is 21.4 Å². The van der Waals surface area contributed by atoms with Crippen LogP contribution < -0.4 is 11.1 Å². The summed E-state index contributed by atoms with van der Waals surface area (Å²) in [7, 11) is -3.56. The molecule has 0 unspecified atom stereocenters. The first kappa shape index (κ1) is 14.5. The van der Waals surface area contributed by atoms with E-state index < -0.39 is 9.84 Å². The first-order valence-corrected chi connectivity index (χ1v) is 8.14. The molecule has 0 spiro atoms. The number of sulfone groups is 1. The lowest BCUT2D eigenvalue weighted by Crippen LogP contribution is -2.07. The molecule has 0 aromatic carbocycles. The Hall–Kier alpha value is -1.94. The predicted molar refractivity (Wildman–Crippen MR) is 73.5 cm³/mol. The Morgan fingerprint density at radius 3 is 2.75 bits per heavy atom. The van der Waals surface area contributed by atoms with Crippen LogP contribution in [-0.4, -0.2) is 30.6 Å². The van der Waals surface area contributed by atoms with Gasteiger partial charge in [-0.1, -0.05) is 5.16 Å². The summed E-state index contributed by atoms with van der Waals surface area (Å²) in [4.78, 5) is 15.4. The molecule has 0 radical (unpaired) electrons. The highest BCUT2D eigenvalue weighted by molar-refractivity contribution is 7.91. The molecule has 0 bridgehead atoms. The predicted octanol–water partition coefficient (Wildman–Crippen LogP) is 0.931.